The van der Waals surface area contributed by atoms with E-state index in [0.717, 1.165) is 42.2 Å². The van der Waals surface area contributed by atoms with Gasteiger partial charge in [-0.15, -0.1) is 11.3 Å². The summed E-state index contributed by atoms with van der Waals surface area (Å²) in [4.78, 5) is 52.2. The van der Waals surface area contributed by atoms with Crippen LogP contribution in [0.2, 0.25) is 0 Å². The summed E-state index contributed by atoms with van der Waals surface area (Å²) in [6.07, 6.45) is 3.60. The number of thiophene rings is 1. The highest BCUT2D eigenvalue weighted by molar-refractivity contribution is 7.17. The van der Waals surface area contributed by atoms with Crippen LogP contribution in [0.5, 0.6) is 0 Å². The summed E-state index contributed by atoms with van der Waals surface area (Å²) >= 11 is 1.33. The number of aromatic amines is 1. The molecule has 0 saturated carbocycles. The monoisotopic (exact) mass is 425 g/mol. The second-order valence-corrected chi connectivity index (χ2v) is 8.10. The number of aryl methyl sites for hydroxylation is 1. The van der Waals surface area contributed by atoms with Gasteiger partial charge in [-0.2, -0.15) is 0 Å². The fourth-order valence-corrected chi connectivity index (χ4v) is 4.97. The molecule has 8 nitrogen and oxygen atoms in total. The van der Waals surface area contributed by atoms with Gasteiger partial charge in [0.25, 0.3) is 11.8 Å². The Balaban J connectivity index is 1.49. The quantitative estimate of drug-likeness (QED) is 0.540. The van der Waals surface area contributed by atoms with Crippen LogP contribution >= 0.6 is 11.3 Å². The Bertz CT molecular complexity index is 1230. The number of primary amides is 1. The zero-order chi connectivity index (χ0) is 21.3. The molecule has 2 heterocycles. The summed E-state index contributed by atoms with van der Waals surface area (Å²) in [7, 11) is 0. The highest BCUT2D eigenvalue weighted by Crippen LogP contribution is 2.37. The fourth-order valence-electron chi connectivity index (χ4n) is 3.66. The molecule has 4 N–H and O–H groups in total. The number of hydrogen-bond donors (Lipinski definition) is 3. The van der Waals surface area contributed by atoms with E-state index in [1.807, 2.05) is 0 Å². The van der Waals surface area contributed by atoms with Crippen LogP contribution in [0.15, 0.2) is 35.1 Å². The van der Waals surface area contributed by atoms with Crippen LogP contribution in [0.1, 0.15) is 44.0 Å². The first kappa shape index (κ1) is 19.8. The second-order valence-electron chi connectivity index (χ2n) is 7.00. The molecule has 0 spiro atoms. The van der Waals surface area contributed by atoms with Crippen LogP contribution < -0.4 is 16.6 Å². The number of nitrogens with two attached hydrogens (primary N) is 1. The number of hydrogen-bond acceptors (Lipinski definition) is 6. The molecule has 2 amide bonds. The standard InChI is InChI=1S/C21H19N3O5S/c22-19(27)18-12-6-2-4-8-15(12)30-20(18)24-17(26)10-29-21(28)13-9-16(25)23-14-7-3-1-5-11(13)14/h1,3,5,7,9H,2,4,6,8,10H2,(H2,22,27)(H,23,25)(H,24,26). The van der Waals surface area contributed by atoms with E-state index in [0.29, 0.717) is 21.5 Å². The van der Waals surface area contributed by atoms with E-state index < -0.39 is 29.9 Å². The minimum atomic E-state index is -0.784. The molecule has 9 heteroatoms. The van der Waals surface area contributed by atoms with Crippen molar-refractivity contribution >= 4 is 45.0 Å². The number of anilines is 1. The number of esters is 1. The summed E-state index contributed by atoms with van der Waals surface area (Å²) in [6.45, 7) is -0.555. The Morgan fingerprint density at radius 2 is 1.93 bits per heavy atom. The van der Waals surface area contributed by atoms with E-state index in [9.17, 15) is 19.2 Å². The third-order valence-corrected chi connectivity index (χ3v) is 6.18. The zero-order valence-corrected chi connectivity index (χ0v) is 16.8. The number of pyridine rings is 1. The smallest absolute Gasteiger partial charge is 0.339 e. The number of carbonyl (C=O) groups is 3. The van der Waals surface area contributed by atoms with Gasteiger partial charge in [-0.05, 0) is 37.3 Å². The number of para-hydroxylation sites is 1. The first-order chi connectivity index (χ1) is 14.4. The van der Waals surface area contributed by atoms with Gasteiger partial charge in [-0.3, -0.25) is 14.4 Å². The molecular weight excluding hydrogens is 406 g/mol. The van der Waals surface area contributed by atoms with Crippen molar-refractivity contribution in [2.45, 2.75) is 25.7 Å². The van der Waals surface area contributed by atoms with E-state index in [1.54, 1.807) is 24.3 Å². The van der Waals surface area contributed by atoms with Crippen LogP contribution in [-0.4, -0.2) is 29.4 Å². The third kappa shape index (κ3) is 3.84. The Kier molecular flexibility index (Phi) is 5.37. The molecule has 1 aliphatic carbocycles. The lowest BCUT2D eigenvalue weighted by atomic mass is 9.95. The number of H-pyrrole nitrogens is 1. The minimum absolute atomic E-state index is 0.0755. The average Bonchev–Trinajstić information content (AvgIpc) is 3.09. The molecular formula is C21H19N3O5S. The third-order valence-electron chi connectivity index (χ3n) is 4.98. The normalized spacial score (nSPS) is 12.9. The Labute approximate surface area is 175 Å². The Morgan fingerprint density at radius 3 is 2.73 bits per heavy atom. The summed E-state index contributed by atoms with van der Waals surface area (Å²) in [5.74, 6) is -1.96. The van der Waals surface area contributed by atoms with Crippen LogP contribution in [-0.2, 0) is 22.4 Å². The molecule has 0 unspecified atom stereocenters. The van der Waals surface area contributed by atoms with Crippen molar-refractivity contribution in [3.63, 3.8) is 0 Å². The van der Waals surface area contributed by atoms with Crippen LogP contribution in [0.4, 0.5) is 5.00 Å². The van der Waals surface area contributed by atoms with Gasteiger partial charge in [0.15, 0.2) is 6.61 Å². The van der Waals surface area contributed by atoms with Crippen molar-refractivity contribution in [2.75, 3.05) is 11.9 Å². The molecule has 0 bridgehead atoms. The van der Waals surface area contributed by atoms with Crippen molar-refractivity contribution in [2.24, 2.45) is 5.73 Å². The van der Waals surface area contributed by atoms with Gasteiger partial charge in [0.1, 0.15) is 5.00 Å². The summed E-state index contributed by atoms with van der Waals surface area (Å²) in [5, 5.41) is 3.54. The van der Waals surface area contributed by atoms with Gasteiger partial charge in [-0.25, -0.2) is 4.79 Å². The van der Waals surface area contributed by atoms with Gasteiger partial charge in [0, 0.05) is 21.8 Å². The number of aromatic nitrogens is 1. The molecule has 1 aliphatic rings. The van der Waals surface area contributed by atoms with Crippen molar-refractivity contribution < 1.29 is 19.1 Å². The van der Waals surface area contributed by atoms with Crippen molar-refractivity contribution in [1.82, 2.24) is 4.98 Å². The molecule has 154 valence electrons. The van der Waals surface area contributed by atoms with E-state index >= 15 is 0 Å². The number of rotatable bonds is 5. The lowest BCUT2D eigenvalue weighted by Gasteiger charge is -2.11. The Hall–Kier alpha value is -3.46. The zero-order valence-electron chi connectivity index (χ0n) is 15.9. The average molecular weight is 425 g/mol. The van der Waals surface area contributed by atoms with E-state index in [-0.39, 0.29) is 5.56 Å². The van der Waals surface area contributed by atoms with Crippen molar-refractivity contribution in [3.8, 4) is 0 Å². The summed E-state index contributed by atoms with van der Waals surface area (Å²) in [5.41, 5.74) is 6.90. The number of carbonyl (C=O) groups excluding carboxylic acids is 3. The van der Waals surface area contributed by atoms with Crippen LogP contribution in [0, 0.1) is 0 Å². The minimum Gasteiger partial charge on any atom is -0.452 e. The van der Waals surface area contributed by atoms with E-state index in [2.05, 4.69) is 10.3 Å². The number of fused-ring (bicyclic) bond motifs is 2. The highest BCUT2D eigenvalue weighted by Gasteiger charge is 2.25. The lowest BCUT2D eigenvalue weighted by Crippen LogP contribution is -2.23. The molecule has 3 aromatic rings. The van der Waals surface area contributed by atoms with Gasteiger partial charge in [-0.1, -0.05) is 18.2 Å². The summed E-state index contributed by atoms with van der Waals surface area (Å²) < 4.78 is 5.11. The first-order valence-corrected chi connectivity index (χ1v) is 10.3. The largest absolute Gasteiger partial charge is 0.452 e. The maximum absolute atomic E-state index is 12.5. The van der Waals surface area contributed by atoms with E-state index in [1.165, 1.54) is 11.3 Å². The number of nitrogens with one attached hydrogen (secondary N) is 2. The van der Waals surface area contributed by atoms with Crippen LogP contribution in [0.25, 0.3) is 10.9 Å². The summed E-state index contributed by atoms with van der Waals surface area (Å²) in [6, 6.07) is 7.95. The maximum atomic E-state index is 12.5. The van der Waals surface area contributed by atoms with Gasteiger partial charge < -0.3 is 20.8 Å². The molecule has 30 heavy (non-hydrogen) atoms. The highest BCUT2D eigenvalue weighted by atomic mass is 32.1. The molecule has 1 aromatic carbocycles. The molecule has 0 fully saturated rings. The molecule has 0 aliphatic heterocycles. The topological polar surface area (TPSA) is 131 Å². The molecule has 4 rings (SSSR count). The molecule has 0 saturated heterocycles. The second kappa shape index (κ2) is 8.11. The van der Waals surface area contributed by atoms with Crippen LogP contribution in [0.3, 0.4) is 0 Å². The molecule has 0 radical (unpaired) electrons. The lowest BCUT2D eigenvalue weighted by molar-refractivity contribution is -0.119. The molecule has 2 aromatic heterocycles. The molecule has 0 atom stereocenters. The first-order valence-electron chi connectivity index (χ1n) is 9.47. The maximum Gasteiger partial charge on any atom is 0.339 e. The van der Waals surface area contributed by atoms with Gasteiger partial charge >= 0.3 is 5.97 Å². The van der Waals surface area contributed by atoms with Crippen molar-refractivity contribution in [1.29, 1.82) is 0 Å². The number of ether oxygens (including phenoxy) is 1. The predicted molar refractivity (Wildman–Crippen MR) is 113 cm³/mol. The van der Waals surface area contributed by atoms with Crippen molar-refractivity contribution in [3.05, 3.63) is 62.3 Å². The van der Waals surface area contributed by atoms with Gasteiger partial charge in [0.2, 0.25) is 5.56 Å². The number of benzene rings is 1. The fraction of sp³-hybridized carbons (Fsp3) is 0.238. The Morgan fingerprint density at radius 1 is 1.17 bits per heavy atom. The van der Waals surface area contributed by atoms with E-state index in [4.69, 9.17) is 10.5 Å². The SMILES string of the molecule is NC(=O)c1c(NC(=O)COC(=O)c2cc(=O)[nH]c3ccccc23)sc2c1CCCC2. The van der Waals surface area contributed by atoms with Gasteiger partial charge in [0.05, 0.1) is 11.1 Å². The number of amides is 2. The predicted octanol–water partition coefficient (Wildman–Crippen LogP) is 2.36.